The van der Waals surface area contributed by atoms with E-state index in [4.69, 9.17) is 5.26 Å². The summed E-state index contributed by atoms with van der Waals surface area (Å²) in [5.41, 5.74) is 1.88. The summed E-state index contributed by atoms with van der Waals surface area (Å²) in [6.07, 6.45) is 0. The predicted octanol–water partition coefficient (Wildman–Crippen LogP) is 2.43. The normalized spacial score (nSPS) is 12.0. The summed E-state index contributed by atoms with van der Waals surface area (Å²) in [4.78, 5) is 16.0. The van der Waals surface area contributed by atoms with Gasteiger partial charge in [0.25, 0.3) is 0 Å². The van der Waals surface area contributed by atoms with E-state index in [1.54, 1.807) is 6.07 Å². The van der Waals surface area contributed by atoms with E-state index in [0.717, 1.165) is 11.3 Å². The number of nitrogens with one attached hydrogen (secondary N) is 1. The molecule has 0 aliphatic heterocycles. The van der Waals surface area contributed by atoms with Crippen molar-refractivity contribution < 1.29 is 4.79 Å². The summed E-state index contributed by atoms with van der Waals surface area (Å²) in [6.45, 7) is 7.51. The van der Waals surface area contributed by atoms with Crippen molar-refractivity contribution in [1.29, 1.82) is 5.26 Å². The van der Waals surface area contributed by atoms with Crippen molar-refractivity contribution in [3.05, 3.63) is 23.4 Å². The van der Waals surface area contributed by atoms with Gasteiger partial charge in [0.05, 0.1) is 6.07 Å². The van der Waals surface area contributed by atoms with Crippen LogP contribution in [0.2, 0.25) is 0 Å². The minimum Gasteiger partial charge on any atom is -0.310 e. The van der Waals surface area contributed by atoms with E-state index in [2.05, 4.69) is 10.3 Å². The molecule has 1 amide bonds. The molecule has 0 spiro atoms. The van der Waals surface area contributed by atoms with Gasteiger partial charge >= 0.3 is 0 Å². The first-order valence-corrected chi connectivity index (χ1v) is 5.60. The molecule has 0 saturated heterocycles. The molecule has 0 bridgehead atoms. The molecule has 4 heteroatoms. The average Bonchev–Trinajstić information content (AvgIpc) is 2.15. The Bertz CT molecular complexity index is 440. The third-order valence-corrected chi connectivity index (χ3v) is 2.44. The molecule has 90 valence electrons. The minimum atomic E-state index is -0.641. The molecule has 1 N–H and O–H groups in total. The Morgan fingerprint density at radius 1 is 1.41 bits per heavy atom. The number of carbonyl (C=O) groups is 1. The van der Waals surface area contributed by atoms with Crippen molar-refractivity contribution in [3.8, 4) is 6.07 Å². The van der Waals surface area contributed by atoms with E-state index in [1.807, 2.05) is 39.8 Å². The molecular weight excluding hydrogens is 214 g/mol. The molecular formula is C13H17N3O. The fourth-order valence-electron chi connectivity index (χ4n) is 1.62. The standard InChI is InChI=1S/C13H17N3O/c1-8(2)11(7-14)13(17)16-12-6-9(3)5-10(4)15-12/h5-6,8,11H,1-4H3,(H,15,16,17). The lowest BCUT2D eigenvalue weighted by Crippen LogP contribution is -2.26. The Hall–Kier alpha value is -1.89. The second-order valence-corrected chi connectivity index (χ2v) is 4.51. The SMILES string of the molecule is Cc1cc(C)nc(NC(=O)C(C#N)C(C)C)c1. The van der Waals surface area contributed by atoms with Crippen LogP contribution in [0.4, 0.5) is 5.82 Å². The molecule has 4 nitrogen and oxygen atoms in total. The van der Waals surface area contributed by atoms with Crippen LogP contribution in [0.15, 0.2) is 12.1 Å². The first kappa shape index (κ1) is 13.2. The van der Waals surface area contributed by atoms with Crippen molar-refractivity contribution >= 4 is 11.7 Å². The fraction of sp³-hybridized carbons (Fsp3) is 0.462. The van der Waals surface area contributed by atoms with Gasteiger partial charge in [0.1, 0.15) is 11.7 Å². The quantitative estimate of drug-likeness (QED) is 0.868. The molecule has 1 atom stereocenters. The monoisotopic (exact) mass is 231 g/mol. The van der Waals surface area contributed by atoms with Crippen molar-refractivity contribution in [2.75, 3.05) is 5.32 Å². The van der Waals surface area contributed by atoms with Gasteiger partial charge in [-0.2, -0.15) is 5.26 Å². The number of aryl methyl sites for hydroxylation is 2. The lowest BCUT2D eigenvalue weighted by molar-refractivity contribution is -0.119. The number of amides is 1. The van der Waals surface area contributed by atoms with Crippen LogP contribution in [0, 0.1) is 37.0 Å². The van der Waals surface area contributed by atoms with Gasteiger partial charge in [0, 0.05) is 5.69 Å². The number of carbonyl (C=O) groups excluding carboxylic acids is 1. The summed E-state index contributed by atoms with van der Waals surface area (Å²) in [6, 6.07) is 5.73. The van der Waals surface area contributed by atoms with Crippen LogP contribution in [-0.2, 0) is 4.79 Å². The highest BCUT2D eigenvalue weighted by atomic mass is 16.1. The Kier molecular flexibility index (Phi) is 4.22. The Labute approximate surface area is 102 Å². The van der Waals surface area contributed by atoms with Crippen molar-refractivity contribution in [1.82, 2.24) is 4.98 Å². The highest BCUT2D eigenvalue weighted by molar-refractivity contribution is 5.93. The summed E-state index contributed by atoms with van der Waals surface area (Å²) >= 11 is 0. The number of nitriles is 1. The van der Waals surface area contributed by atoms with Gasteiger partial charge in [-0.1, -0.05) is 13.8 Å². The molecule has 1 unspecified atom stereocenters. The van der Waals surface area contributed by atoms with Crippen LogP contribution < -0.4 is 5.32 Å². The van der Waals surface area contributed by atoms with Crippen LogP contribution in [0.5, 0.6) is 0 Å². The lowest BCUT2D eigenvalue weighted by Gasteiger charge is -2.13. The molecule has 0 aliphatic carbocycles. The largest absolute Gasteiger partial charge is 0.310 e. The molecule has 1 aromatic rings. The summed E-state index contributed by atoms with van der Waals surface area (Å²) in [5, 5.41) is 11.6. The highest BCUT2D eigenvalue weighted by Crippen LogP contribution is 2.14. The first-order valence-electron chi connectivity index (χ1n) is 5.60. The molecule has 0 radical (unpaired) electrons. The minimum absolute atomic E-state index is 0.00842. The van der Waals surface area contributed by atoms with Gasteiger partial charge in [-0.25, -0.2) is 4.98 Å². The van der Waals surface area contributed by atoms with Gasteiger partial charge in [0.2, 0.25) is 5.91 Å². The zero-order valence-electron chi connectivity index (χ0n) is 10.6. The molecule has 1 rings (SSSR count). The second-order valence-electron chi connectivity index (χ2n) is 4.51. The molecule has 0 fully saturated rings. The maximum absolute atomic E-state index is 11.8. The lowest BCUT2D eigenvalue weighted by atomic mass is 9.97. The van der Waals surface area contributed by atoms with Crippen LogP contribution in [0.1, 0.15) is 25.1 Å². The third-order valence-electron chi connectivity index (χ3n) is 2.44. The smallest absolute Gasteiger partial charge is 0.243 e. The molecule has 0 saturated carbocycles. The summed E-state index contributed by atoms with van der Waals surface area (Å²) in [5.74, 6) is -0.433. The zero-order chi connectivity index (χ0) is 13.0. The van der Waals surface area contributed by atoms with E-state index >= 15 is 0 Å². The number of nitrogens with zero attached hydrogens (tertiary/aromatic N) is 2. The van der Waals surface area contributed by atoms with Gasteiger partial charge in [-0.3, -0.25) is 4.79 Å². The third kappa shape index (κ3) is 3.56. The van der Waals surface area contributed by atoms with Crippen LogP contribution in [0.3, 0.4) is 0 Å². The molecule has 0 aromatic carbocycles. The average molecular weight is 231 g/mol. The number of aromatic nitrogens is 1. The van der Waals surface area contributed by atoms with Gasteiger partial charge < -0.3 is 5.32 Å². The molecule has 1 aromatic heterocycles. The zero-order valence-corrected chi connectivity index (χ0v) is 10.6. The Morgan fingerprint density at radius 2 is 2.06 bits per heavy atom. The molecule has 1 heterocycles. The number of hydrogen-bond donors (Lipinski definition) is 1. The van der Waals surface area contributed by atoms with Crippen molar-refractivity contribution in [2.45, 2.75) is 27.7 Å². The van der Waals surface area contributed by atoms with Crippen LogP contribution in [0.25, 0.3) is 0 Å². The number of hydrogen-bond acceptors (Lipinski definition) is 3. The first-order chi connectivity index (χ1) is 7.93. The van der Waals surface area contributed by atoms with E-state index in [0.29, 0.717) is 5.82 Å². The van der Waals surface area contributed by atoms with Gasteiger partial charge in [-0.05, 0) is 37.5 Å². The number of anilines is 1. The highest BCUT2D eigenvalue weighted by Gasteiger charge is 2.21. The van der Waals surface area contributed by atoms with Gasteiger partial charge in [-0.15, -0.1) is 0 Å². The Balaban J connectivity index is 2.84. The Morgan fingerprint density at radius 3 is 2.53 bits per heavy atom. The topological polar surface area (TPSA) is 65.8 Å². The van der Waals surface area contributed by atoms with Crippen molar-refractivity contribution in [3.63, 3.8) is 0 Å². The van der Waals surface area contributed by atoms with E-state index in [-0.39, 0.29) is 11.8 Å². The number of rotatable bonds is 3. The van der Waals surface area contributed by atoms with E-state index in [9.17, 15) is 4.79 Å². The van der Waals surface area contributed by atoms with E-state index < -0.39 is 5.92 Å². The maximum Gasteiger partial charge on any atom is 0.243 e. The second kappa shape index (κ2) is 5.44. The van der Waals surface area contributed by atoms with Crippen LogP contribution >= 0.6 is 0 Å². The molecule has 17 heavy (non-hydrogen) atoms. The van der Waals surface area contributed by atoms with Crippen molar-refractivity contribution in [2.24, 2.45) is 11.8 Å². The predicted molar refractivity (Wildman–Crippen MR) is 66.3 cm³/mol. The van der Waals surface area contributed by atoms with Crippen LogP contribution in [-0.4, -0.2) is 10.9 Å². The maximum atomic E-state index is 11.8. The molecule has 0 aliphatic rings. The number of pyridine rings is 1. The summed E-state index contributed by atoms with van der Waals surface area (Å²) < 4.78 is 0. The van der Waals surface area contributed by atoms with Gasteiger partial charge in [0.15, 0.2) is 0 Å². The van der Waals surface area contributed by atoms with E-state index in [1.165, 1.54) is 0 Å². The summed E-state index contributed by atoms with van der Waals surface area (Å²) in [7, 11) is 0. The fourth-order valence-corrected chi connectivity index (χ4v) is 1.62.